The lowest BCUT2D eigenvalue weighted by Gasteiger charge is -2.14. The van der Waals surface area contributed by atoms with Crippen LogP contribution in [0.2, 0.25) is 0 Å². The summed E-state index contributed by atoms with van der Waals surface area (Å²) in [6.07, 6.45) is -6.06. The van der Waals surface area contributed by atoms with Crippen LogP contribution in [0, 0.1) is 0 Å². The Kier molecular flexibility index (Phi) is 6.02. The highest BCUT2D eigenvalue weighted by Crippen LogP contribution is 2.36. The van der Waals surface area contributed by atoms with E-state index in [4.69, 9.17) is 0 Å². The van der Waals surface area contributed by atoms with Gasteiger partial charge in [0, 0.05) is 20.9 Å². The van der Waals surface area contributed by atoms with E-state index in [9.17, 15) is 31.1 Å². The van der Waals surface area contributed by atoms with Crippen molar-refractivity contribution in [3.63, 3.8) is 0 Å². The van der Waals surface area contributed by atoms with Gasteiger partial charge in [0.15, 0.2) is 5.78 Å². The van der Waals surface area contributed by atoms with Crippen molar-refractivity contribution in [3.8, 4) is 0 Å². The molecule has 0 fully saturated rings. The van der Waals surface area contributed by atoms with Gasteiger partial charge in [-0.1, -0.05) is 0 Å². The maximum absolute atomic E-state index is 12.8. The highest BCUT2D eigenvalue weighted by atomic mass is 32.2. The number of halogens is 6. The molecule has 1 nitrogen and oxygen atoms in total. The Morgan fingerprint density at radius 2 is 1.08 bits per heavy atom. The highest BCUT2D eigenvalue weighted by molar-refractivity contribution is 7.99. The van der Waals surface area contributed by atoms with Crippen LogP contribution in [0.1, 0.15) is 27.0 Å². The quantitative estimate of drug-likeness (QED) is 0.330. The van der Waals surface area contributed by atoms with E-state index in [0.717, 1.165) is 59.9 Å². The van der Waals surface area contributed by atoms with Crippen molar-refractivity contribution in [3.05, 3.63) is 58.7 Å². The van der Waals surface area contributed by atoms with Crippen LogP contribution < -0.4 is 0 Å². The summed E-state index contributed by atoms with van der Waals surface area (Å²) in [7, 11) is 0. The average molecular weight is 410 g/mol. The molecule has 2 aromatic carbocycles. The number of thioether (sulfide) groups is 2. The van der Waals surface area contributed by atoms with Crippen LogP contribution in [0.5, 0.6) is 0 Å². The van der Waals surface area contributed by atoms with Crippen molar-refractivity contribution in [2.24, 2.45) is 0 Å². The molecule has 0 saturated heterocycles. The van der Waals surface area contributed by atoms with E-state index in [0.29, 0.717) is 0 Å². The first kappa shape index (κ1) is 20.7. The number of hydrogen-bond acceptors (Lipinski definition) is 3. The van der Waals surface area contributed by atoms with Gasteiger partial charge in [-0.25, -0.2) is 0 Å². The topological polar surface area (TPSA) is 17.1 Å². The Morgan fingerprint density at radius 1 is 0.731 bits per heavy atom. The number of carbonyl (C=O) groups excluding carboxylic acids is 1. The maximum atomic E-state index is 12.8. The maximum Gasteiger partial charge on any atom is 0.416 e. The van der Waals surface area contributed by atoms with E-state index < -0.39 is 29.3 Å². The first-order valence-electron chi connectivity index (χ1n) is 7.04. The van der Waals surface area contributed by atoms with Gasteiger partial charge in [-0.15, -0.1) is 23.5 Å². The van der Waals surface area contributed by atoms with Crippen LogP contribution in [-0.4, -0.2) is 18.3 Å². The predicted molar refractivity (Wildman–Crippen MR) is 89.9 cm³/mol. The van der Waals surface area contributed by atoms with E-state index in [1.165, 1.54) is 12.5 Å². The van der Waals surface area contributed by atoms with Gasteiger partial charge in [0.05, 0.1) is 11.1 Å². The van der Waals surface area contributed by atoms with E-state index in [-0.39, 0.29) is 20.9 Å². The molecule has 0 atom stereocenters. The highest BCUT2D eigenvalue weighted by Gasteiger charge is 2.33. The van der Waals surface area contributed by atoms with Crippen molar-refractivity contribution in [2.45, 2.75) is 22.1 Å². The molecule has 9 heteroatoms. The zero-order chi connectivity index (χ0) is 19.7. The zero-order valence-corrected chi connectivity index (χ0v) is 15.1. The fourth-order valence-electron chi connectivity index (χ4n) is 2.26. The van der Waals surface area contributed by atoms with Crippen LogP contribution in [0.25, 0.3) is 0 Å². The number of rotatable bonds is 4. The Bertz CT molecular complexity index is 759. The minimum atomic E-state index is -4.55. The smallest absolute Gasteiger partial charge is 0.289 e. The summed E-state index contributed by atoms with van der Waals surface area (Å²) in [5.74, 6) is -0.624. The molecule has 0 heterocycles. The zero-order valence-electron chi connectivity index (χ0n) is 13.5. The molecule has 0 saturated carbocycles. The predicted octanol–water partition coefficient (Wildman–Crippen LogP) is 6.40. The number of ketones is 1. The molecule has 26 heavy (non-hydrogen) atoms. The van der Waals surface area contributed by atoms with E-state index in [1.54, 1.807) is 0 Å². The Morgan fingerprint density at radius 3 is 1.35 bits per heavy atom. The molecule has 0 radical (unpaired) electrons. The molecular formula is C17H12F6OS2. The molecule has 0 aliphatic rings. The standard InChI is InChI=1S/C17H12F6OS2/c1-25-13-7-9(16(18,19)20)3-5-11(13)15(24)12-6-4-10(17(21,22)23)8-14(12)26-2/h3-8H,1-2H3. The molecule has 0 bridgehead atoms. The van der Waals surface area contributed by atoms with Gasteiger partial charge < -0.3 is 0 Å². The van der Waals surface area contributed by atoms with E-state index in [2.05, 4.69) is 0 Å². The number of hydrogen-bond donors (Lipinski definition) is 0. The second-order valence-corrected chi connectivity index (χ2v) is 6.85. The third-order valence-electron chi connectivity index (χ3n) is 3.55. The van der Waals surface area contributed by atoms with Crippen molar-refractivity contribution in [2.75, 3.05) is 12.5 Å². The summed E-state index contributed by atoms with van der Waals surface area (Å²) < 4.78 is 77.0. The van der Waals surface area contributed by atoms with Gasteiger partial charge in [-0.3, -0.25) is 4.79 Å². The summed E-state index contributed by atoms with van der Waals surface area (Å²) in [6.45, 7) is 0. The second kappa shape index (κ2) is 7.56. The van der Waals surface area contributed by atoms with Crippen molar-refractivity contribution in [1.82, 2.24) is 0 Å². The molecule has 2 rings (SSSR count). The molecule has 2 aromatic rings. The van der Waals surface area contributed by atoms with Crippen LogP contribution >= 0.6 is 23.5 Å². The summed E-state index contributed by atoms with van der Waals surface area (Å²) in [5, 5.41) is 0. The lowest BCUT2D eigenvalue weighted by molar-refractivity contribution is -0.138. The molecule has 0 aromatic heterocycles. The molecule has 0 unspecified atom stereocenters. The molecule has 0 aliphatic heterocycles. The fraction of sp³-hybridized carbons (Fsp3) is 0.235. The Labute approximate surface area is 154 Å². The van der Waals surface area contributed by atoms with Gasteiger partial charge >= 0.3 is 12.4 Å². The molecule has 140 valence electrons. The second-order valence-electron chi connectivity index (χ2n) is 5.15. The molecule has 0 aliphatic carbocycles. The third kappa shape index (κ3) is 4.37. The SMILES string of the molecule is CSc1cc(C(F)(F)F)ccc1C(=O)c1ccc(C(F)(F)F)cc1SC. The first-order valence-corrected chi connectivity index (χ1v) is 9.49. The van der Waals surface area contributed by atoms with Gasteiger partial charge in [0.1, 0.15) is 0 Å². The van der Waals surface area contributed by atoms with Crippen molar-refractivity contribution < 1.29 is 31.1 Å². The van der Waals surface area contributed by atoms with Gasteiger partial charge in [0.25, 0.3) is 0 Å². The van der Waals surface area contributed by atoms with Crippen LogP contribution in [0.4, 0.5) is 26.3 Å². The molecular weight excluding hydrogens is 398 g/mol. The van der Waals surface area contributed by atoms with Crippen LogP contribution in [-0.2, 0) is 12.4 Å². The summed E-state index contributed by atoms with van der Waals surface area (Å²) in [4.78, 5) is 13.0. The minimum absolute atomic E-state index is 0.0144. The molecule has 0 amide bonds. The Balaban J connectivity index is 2.52. The number of carbonyl (C=O) groups is 1. The van der Waals surface area contributed by atoms with Gasteiger partial charge in [-0.05, 0) is 48.9 Å². The summed E-state index contributed by atoms with van der Waals surface area (Å²) >= 11 is 1.92. The van der Waals surface area contributed by atoms with Gasteiger partial charge in [-0.2, -0.15) is 26.3 Å². The molecule has 0 spiro atoms. The van der Waals surface area contributed by atoms with E-state index >= 15 is 0 Å². The lowest BCUT2D eigenvalue weighted by atomic mass is 10.00. The summed E-state index contributed by atoms with van der Waals surface area (Å²) in [5.41, 5.74) is -1.76. The van der Waals surface area contributed by atoms with Crippen molar-refractivity contribution >= 4 is 29.3 Å². The van der Waals surface area contributed by atoms with Gasteiger partial charge in [0.2, 0.25) is 0 Å². The summed E-state index contributed by atoms with van der Waals surface area (Å²) in [6, 6.07) is 5.41. The largest absolute Gasteiger partial charge is 0.416 e. The normalized spacial score (nSPS) is 12.3. The first-order chi connectivity index (χ1) is 12.0. The average Bonchev–Trinajstić information content (AvgIpc) is 2.58. The molecule has 0 N–H and O–H groups in total. The number of alkyl halides is 6. The monoisotopic (exact) mass is 410 g/mol. The lowest BCUT2D eigenvalue weighted by Crippen LogP contribution is -2.10. The van der Waals surface area contributed by atoms with Crippen LogP contribution in [0.15, 0.2) is 46.2 Å². The van der Waals surface area contributed by atoms with Crippen molar-refractivity contribution in [1.29, 1.82) is 0 Å². The Hall–Kier alpha value is -1.61. The fourth-order valence-corrected chi connectivity index (χ4v) is 3.51. The number of benzene rings is 2. The van der Waals surface area contributed by atoms with E-state index in [1.807, 2.05) is 0 Å². The third-order valence-corrected chi connectivity index (χ3v) is 5.10. The minimum Gasteiger partial charge on any atom is -0.289 e. The van der Waals surface area contributed by atoms with Crippen LogP contribution in [0.3, 0.4) is 0 Å².